The smallest absolute Gasteiger partial charge is 0.223 e. The molecule has 1 aromatic carbocycles. The van der Waals surface area contributed by atoms with Gasteiger partial charge in [0.25, 0.3) is 0 Å². The molecule has 0 saturated carbocycles. The van der Waals surface area contributed by atoms with Gasteiger partial charge < -0.3 is 10.1 Å². The summed E-state index contributed by atoms with van der Waals surface area (Å²) in [5.74, 6) is 1.42. The number of aromatic nitrogens is 4. The highest BCUT2D eigenvalue weighted by atomic mass is 16.5. The monoisotopic (exact) mass is 303 g/mol. The molecule has 2 aromatic rings. The van der Waals surface area contributed by atoms with Crippen LogP contribution in [-0.2, 0) is 11.3 Å². The Morgan fingerprint density at radius 1 is 1.27 bits per heavy atom. The molecule has 0 radical (unpaired) electrons. The van der Waals surface area contributed by atoms with E-state index in [-0.39, 0.29) is 11.8 Å². The summed E-state index contributed by atoms with van der Waals surface area (Å²) < 4.78 is 6.73. The maximum Gasteiger partial charge on any atom is 0.223 e. The Hall–Kier alpha value is -2.44. The number of hydrogen-bond acceptors (Lipinski definition) is 5. The molecule has 0 unspecified atom stereocenters. The molecule has 22 heavy (non-hydrogen) atoms. The summed E-state index contributed by atoms with van der Waals surface area (Å²) >= 11 is 0. The summed E-state index contributed by atoms with van der Waals surface area (Å²) in [5.41, 5.74) is 0.817. The SMILES string of the molecule is CCC(CC)C(=O)NCc1nnnn1-c1ccc(OC)cc1. The quantitative estimate of drug-likeness (QED) is 0.842. The number of amides is 1. The Bertz CT molecular complexity index is 605. The maximum atomic E-state index is 12.0. The van der Waals surface area contributed by atoms with Crippen LogP contribution in [0.1, 0.15) is 32.5 Å². The lowest BCUT2D eigenvalue weighted by molar-refractivity contribution is -0.125. The van der Waals surface area contributed by atoms with Crippen LogP contribution in [0.15, 0.2) is 24.3 Å². The molecule has 1 amide bonds. The van der Waals surface area contributed by atoms with Gasteiger partial charge in [0.05, 0.1) is 19.3 Å². The zero-order chi connectivity index (χ0) is 15.9. The van der Waals surface area contributed by atoms with Crippen LogP contribution in [0, 0.1) is 5.92 Å². The first-order valence-electron chi connectivity index (χ1n) is 7.39. The summed E-state index contributed by atoms with van der Waals surface area (Å²) in [6.07, 6.45) is 1.65. The number of nitrogens with zero attached hydrogens (tertiary/aromatic N) is 4. The van der Waals surface area contributed by atoms with Gasteiger partial charge in [-0.3, -0.25) is 4.79 Å². The van der Waals surface area contributed by atoms with Crippen molar-refractivity contribution < 1.29 is 9.53 Å². The van der Waals surface area contributed by atoms with Crippen LogP contribution in [0.3, 0.4) is 0 Å². The molecule has 0 saturated heterocycles. The van der Waals surface area contributed by atoms with Crippen LogP contribution in [0.5, 0.6) is 5.75 Å². The summed E-state index contributed by atoms with van der Waals surface area (Å²) in [7, 11) is 1.62. The second-order valence-corrected chi connectivity index (χ2v) is 4.94. The number of methoxy groups -OCH3 is 1. The molecule has 0 fully saturated rings. The highest BCUT2D eigenvalue weighted by Gasteiger charge is 2.15. The lowest BCUT2D eigenvalue weighted by Gasteiger charge is -2.12. The van der Waals surface area contributed by atoms with Gasteiger partial charge in [-0.15, -0.1) is 5.10 Å². The number of carbonyl (C=O) groups is 1. The molecular weight excluding hydrogens is 282 g/mol. The number of hydrogen-bond donors (Lipinski definition) is 1. The predicted molar refractivity (Wildman–Crippen MR) is 81.6 cm³/mol. The van der Waals surface area contributed by atoms with Gasteiger partial charge in [-0.05, 0) is 47.5 Å². The highest BCUT2D eigenvalue weighted by Crippen LogP contribution is 2.15. The van der Waals surface area contributed by atoms with Gasteiger partial charge in [-0.25, -0.2) is 0 Å². The fourth-order valence-electron chi connectivity index (χ4n) is 2.21. The molecule has 0 bridgehead atoms. The van der Waals surface area contributed by atoms with Gasteiger partial charge in [-0.1, -0.05) is 13.8 Å². The van der Waals surface area contributed by atoms with Crippen molar-refractivity contribution in [1.29, 1.82) is 0 Å². The fraction of sp³-hybridized carbons (Fsp3) is 0.467. The van der Waals surface area contributed by atoms with Crippen LogP contribution >= 0.6 is 0 Å². The second-order valence-electron chi connectivity index (χ2n) is 4.94. The first kappa shape index (κ1) is 15.9. The first-order chi connectivity index (χ1) is 10.7. The van der Waals surface area contributed by atoms with Gasteiger partial charge in [0.15, 0.2) is 5.82 Å². The van der Waals surface area contributed by atoms with Crippen molar-refractivity contribution in [3.63, 3.8) is 0 Å². The Morgan fingerprint density at radius 3 is 2.55 bits per heavy atom. The van der Waals surface area contributed by atoms with Crippen molar-refractivity contribution in [2.24, 2.45) is 5.92 Å². The third-order valence-electron chi connectivity index (χ3n) is 3.63. The first-order valence-corrected chi connectivity index (χ1v) is 7.39. The van der Waals surface area contributed by atoms with Crippen molar-refractivity contribution in [1.82, 2.24) is 25.5 Å². The summed E-state index contributed by atoms with van der Waals surface area (Å²) in [6.45, 7) is 4.32. The lowest BCUT2D eigenvalue weighted by atomic mass is 10.0. The van der Waals surface area contributed by atoms with Crippen LogP contribution < -0.4 is 10.1 Å². The Morgan fingerprint density at radius 2 is 1.95 bits per heavy atom. The minimum absolute atomic E-state index is 0.0327. The molecule has 0 spiro atoms. The van der Waals surface area contributed by atoms with Crippen LogP contribution in [0.25, 0.3) is 5.69 Å². The molecule has 2 rings (SSSR count). The molecule has 0 aliphatic heterocycles. The van der Waals surface area contributed by atoms with Crippen molar-refractivity contribution in [2.45, 2.75) is 33.2 Å². The molecular formula is C15H21N5O2. The Kier molecular flexibility index (Phi) is 5.46. The minimum Gasteiger partial charge on any atom is -0.497 e. The van der Waals surface area contributed by atoms with Gasteiger partial charge in [-0.2, -0.15) is 4.68 Å². The molecule has 7 heteroatoms. The van der Waals surface area contributed by atoms with Gasteiger partial charge in [0, 0.05) is 5.92 Å². The van der Waals surface area contributed by atoms with Crippen LogP contribution in [0.2, 0.25) is 0 Å². The molecule has 1 aromatic heterocycles. The minimum atomic E-state index is 0.0327. The molecule has 7 nitrogen and oxygen atoms in total. The molecule has 118 valence electrons. The molecule has 1 N–H and O–H groups in total. The van der Waals surface area contributed by atoms with E-state index >= 15 is 0 Å². The largest absolute Gasteiger partial charge is 0.497 e. The van der Waals surface area contributed by atoms with E-state index in [1.54, 1.807) is 11.8 Å². The van der Waals surface area contributed by atoms with E-state index in [4.69, 9.17) is 4.74 Å². The second kappa shape index (κ2) is 7.53. The van der Waals surface area contributed by atoms with Gasteiger partial charge in [0.2, 0.25) is 5.91 Å². The van der Waals surface area contributed by atoms with Gasteiger partial charge >= 0.3 is 0 Å². The van der Waals surface area contributed by atoms with Crippen molar-refractivity contribution in [2.75, 3.05) is 7.11 Å². The van der Waals surface area contributed by atoms with E-state index in [0.717, 1.165) is 24.3 Å². The Labute approximate surface area is 129 Å². The zero-order valence-electron chi connectivity index (χ0n) is 13.1. The summed E-state index contributed by atoms with van der Waals surface area (Å²) in [4.78, 5) is 12.0. The van der Waals surface area contributed by atoms with E-state index in [2.05, 4.69) is 20.8 Å². The average molecular weight is 303 g/mol. The van der Waals surface area contributed by atoms with Crippen LogP contribution in [-0.4, -0.2) is 33.2 Å². The van der Waals surface area contributed by atoms with Crippen molar-refractivity contribution >= 4 is 5.91 Å². The van der Waals surface area contributed by atoms with Gasteiger partial charge in [0.1, 0.15) is 5.75 Å². The number of nitrogens with one attached hydrogen (secondary N) is 1. The average Bonchev–Trinajstić information content (AvgIpc) is 3.02. The highest BCUT2D eigenvalue weighted by molar-refractivity contribution is 5.78. The Balaban J connectivity index is 2.07. The summed E-state index contributed by atoms with van der Waals surface area (Å²) in [5, 5.41) is 14.5. The standard InChI is InChI=1S/C15H21N5O2/c1-4-11(5-2)15(21)16-10-14-17-18-19-20(14)12-6-8-13(22-3)9-7-12/h6-9,11H,4-5,10H2,1-3H3,(H,16,21). The number of rotatable bonds is 7. The lowest BCUT2D eigenvalue weighted by Crippen LogP contribution is -2.30. The summed E-state index contributed by atoms with van der Waals surface area (Å²) in [6, 6.07) is 7.40. The fourth-order valence-corrected chi connectivity index (χ4v) is 2.21. The van der Waals surface area contributed by atoms with Crippen molar-refractivity contribution in [3.05, 3.63) is 30.1 Å². The van der Waals surface area contributed by atoms with E-state index in [1.165, 1.54) is 0 Å². The zero-order valence-corrected chi connectivity index (χ0v) is 13.1. The molecule has 0 aliphatic rings. The number of carbonyl (C=O) groups excluding carboxylic acids is 1. The number of tetrazole rings is 1. The third-order valence-corrected chi connectivity index (χ3v) is 3.63. The van der Waals surface area contributed by atoms with E-state index in [9.17, 15) is 4.79 Å². The normalized spacial score (nSPS) is 10.7. The molecule has 0 atom stereocenters. The van der Waals surface area contributed by atoms with E-state index < -0.39 is 0 Å². The predicted octanol–water partition coefficient (Wildman–Crippen LogP) is 1.72. The van der Waals surface area contributed by atoms with Crippen LogP contribution in [0.4, 0.5) is 0 Å². The number of ether oxygens (including phenoxy) is 1. The topological polar surface area (TPSA) is 81.9 Å². The number of benzene rings is 1. The third kappa shape index (κ3) is 3.60. The van der Waals surface area contributed by atoms with E-state index in [1.807, 2.05) is 38.1 Å². The molecule has 0 aliphatic carbocycles. The maximum absolute atomic E-state index is 12.0. The van der Waals surface area contributed by atoms with E-state index in [0.29, 0.717) is 12.4 Å². The van der Waals surface area contributed by atoms with Crippen molar-refractivity contribution in [3.8, 4) is 11.4 Å². The molecule has 1 heterocycles.